The van der Waals surface area contributed by atoms with Gasteiger partial charge in [0.15, 0.2) is 0 Å². The van der Waals surface area contributed by atoms with Gasteiger partial charge in [0.25, 0.3) is 0 Å². The Bertz CT molecular complexity index is 339. The lowest BCUT2D eigenvalue weighted by Crippen LogP contribution is -2.44. The van der Waals surface area contributed by atoms with Crippen LogP contribution in [0.1, 0.15) is 84.0 Å². The Morgan fingerprint density at radius 1 is 0.840 bits per heavy atom. The lowest BCUT2D eigenvalue weighted by molar-refractivity contribution is -0.135. The number of unbranched alkanes of at least 4 members (excludes halogenated alkanes) is 11. The number of carbonyl (C=O) groups excluding carboxylic acids is 2. The van der Waals surface area contributed by atoms with Gasteiger partial charge in [-0.3, -0.25) is 14.5 Å². The van der Waals surface area contributed by atoms with Crippen molar-refractivity contribution in [2.24, 2.45) is 0 Å². The van der Waals surface area contributed by atoms with Gasteiger partial charge < -0.3 is 10.2 Å². The molecule has 2 atom stereocenters. The minimum Gasteiger partial charge on any atom is -0.394 e. The zero-order valence-corrected chi connectivity index (χ0v) is 15.8. The van der Waals surface area contributed by atoms with Gasteiger partial charge in [-0.2, -0.15) is 0 Å². The van der Waals surface area contributed by atoms with Gasteiger partial charge in [-0.1, -0.05) is 83.3 Å². The third-order valence-electron chi connectivity index (χ3n) is 4.52. The molecule has 5 nitrogen and oxygen atoms in total. The van der Waals surface area contributed by atoms with E-state index in [1.54, 1.807) is 6.08 Å². The van der Waals surface area contributed by atoms with Crippen LogP contribution in [0.2, 0.25) is 0 Å². The smallest absolute Gasteiger partial charge is 0.216 e. The van der Waals surface area contributed by atoms with E-state index < -0.39 is 18.8 Å². The summed E-state index contributed by atoms with van der Waals surface area (Å²) in [6, 6.07) is -0.913. The summed E-state index contributed by atoms with van der Waals surface area (Å²) in [7, 11) is 0. The zero-order chi connectivity index (χ0) is 18.8. The van der Waals surface area contributed by atoms with Gasteiger partial charge in [-0.15, -0.1) is 0 Å². The molecule has 0 fully saturated rings. The van der Waals surface area contributed by atoms with Crippen molar-refractivity contribution < 1.29 is 19.8 Å². The Hall–Kier alpha value is -1.20. The first-order chi connectivity index (χ1) is 12.2. The molecule has 2 amide bonds. The van der Waals surface area contributed by atoms with Gasteiger partial charge in [-0.25, -0.2) is 0 Å². The minimum absolute atomic E-state index is 0.314. The van der Waals surface area contributed by atoms with Gasteiger partial charge in [0, 0.05) is 0 Å². The lowest BCUT2D eigenvalue weighted by Gasteiger charge is -2.23. The number of aliphatic hydroxyl groups excluding tert-OH is 2. The van der Waals surface area contributed by atoms with E-state index in [9.17, 15) is 19.8 Å². The van der Waals surface area contributed by atoms with Crippen molar-refractivity contribution in [3.05, 3.63) is 12.2 Å². The highest BCUT2D eigenvalue weighted by Crippen LogP contribution is 2.12. The topological polar surface area (TPSA) is 77.8 Å². The van der Waals surface area contributed by atoms with E-state index in [0.29, 0.717) is 12.8 Å². The molecule has 0 aliphatic rings. The largest absolute Gasteiger partial charge is 0.394 e. The Balaban J connectivity index is 3.62. The molecule has 0 spiro atoms. The fourth-order valence-corrected chi connectivity index (χ4v) is 2.85. The van der Waals surface area contributed by atoms with Crippen LogP contribution in [0.5, 0.6) is 0 Å². The van der Waals surface area contributed by atoms with Gasteiger partial charge in [0.1, 0.15) is 0 Å². The molecule has 0 aromatic rings. The summed E-state index contributed by atoms with van der Waals surface area (Å²) in [5.41, 5.74) is 0. The number of aliphatic hydroxyl groups is 2. The molecular formula is C20H37NO4. The van der Waals surface area contributed by atoms with Crippen LogP contribution in [0.25, 0.3) is 0 Å². The molecule has 5 heteroatoms. The number of hydrogen-bond donors (Lipinski definition) is 2. The van der Waals surface area contributed by atoms with Crippen LogP contribution < -0.4 is 0 Å². The molecule has 0 bridgehead atoms. The standard InChI is InChI=1S/C20H37NO4/c1-2-3-4-5-6-7-8-9-10-11-12-13-14-15-20(25)19(16-22)21(17-23)18-24/h14-15,17-20,22,25H,2-13,16H2,1H3/b15-14+/t19-,20+/m0/s1. The van der Waals surface area contributed by atoms with E-state index in [1.807, 2.05) is 6.08 Å². The monoisotopic (exact) mass is 355 g/mol. The minimum atomic E-state index is -1.03. The van der Waals surface area contributed by atoms with Crippen LogP contribution in [0.15, 0.2) is 12.2 Å². The first-order valence-corrected chi connectivity index (χ1v) is 9.84. The number of carbonyl (C=O) groups is 2. The van der Waals surface area contributed by atoms with Crippen molar-refractivity contribution in [2.45, 2.75) is 96.1 Å². The maximum Gasteiger partial charge on any atom is 0.216 e. The molecule has 0 aromatic heterocycles. The molecule has 0 aliphatic carbocycles. The van der Waals surface area contributed by atoms with Crippen LogP contribution in [0.3, 0.4) is 0 Å². The number of rotatable bonds is 18. The maximum absolute atomic E-state index is 10.7. The normalized spacial score (nSPS) is 13.7. The van der Waals surface area contributed by atoms with Crippen molar-refractivity contribution in [1.29, 1.82) is 0 Å². The molecule has 0 saturated carbocycles. The summed E-state index contributed by atoms with van der Waals surface area (Å²) in [6.07, 6.45) is 18.1. The summed E-state index contributed by atoms with van der Waals surface area (Å²) >= 11 is 0. The summed E-state index contributed by atoms with van der Waals surface area (Å²) in [6.45, 7) is 1.79. The molecule has 0 saturated heterocycles. The molecular weight excluding hydrogens is 318 g/mol. The van der Waals surface area contributed by atoms with Crippen LogP contribution in [0.4, 0.5) is 0 Å². The second-order valence-corrected chi connectivity index (χ2v) is 6.65. The van der Waals surface area contributed by atoms with E-state index in [2.05, 4.69) is 6.92 Å². The van der Waals surface area contributed by atoms with Gasteiger partial charge >= 0.3 is 0 Å². The van der Waals surface area contributed by atoms with Gasteiger partial charge in [0.2, 0.25) is 12.8 Å². The number of amides is 2. The molecule has 0 aromatic carbocycles. The van der Waals surface area contributed by atoms with Crippen LogP contribution in [0, 0.1) is 0 Å². The predicted molar refractivity (Wildman–Crippen MR) is 101 cm³/mol. The SMILES string of the molecule is CCCCCCCCCCCCC/C=C/[C@@H](O)[C@H](CO)N(C=O)C=O. The zero-order valence-electron chi connectivity index (χ0n) is 15.8. The second-order valence-electron chi connectivity index (χ2n) is 6.65. The van der Waals surface area contributed by atoms with Crippen molar-refractivity contribution >= 4 is 12.8 Å². The number of hydrogen-bond acceptors (Lipinski definition) is 4. The Kier molecular flexibility index (Phi) is 16.8. The maximum atomic E-state index is 10.7. The fraction of sp³-hybridized carbons (Fsp3) is 0.800. The average Bonchev–Trinajstić information content (AvgIpc) is 2.63. The van der Waals surface area contributed by atoms with Crippen molar-refractivity contribution in [3.8, 4) is 0 Å². The number of imide groups is 1. The third kappa shape index (κ3) is 12.8. The van der Waals surface area contributed by atoms with Gasteiger partial charge in [0.05, 0.1) is 18.8 Å². The van der Waals surface area contributed by atoms with E-state index in [4.69, 9.17) is 0 Å². The van der Waals surface area contributed by atoms with E-state index in [0.717, 1.165) is 17.7 Å². The predicted octanol–water partition coefficient (Wildman–Crippen LogP) is 3.58. The number of nitrogens with zero attached hydrogens (tertiary/aromatic N) is 1. The molecule has 0 aliphatic heterocycles. The van der Waals surface area contributed by atoms with Crippen molar-refractivity contribution in [1.82, 2.24) is 4.90 Å². The number of allylic oxidation sites excluding steroid dienone is 1. The summed E-state index contributed by atoms with van der Waals surface area (Å²) < 4.78 is 0. The van der Waals surface area contributed by atoms with Gasteiger partial charge in [-0.05, 0) is 12.8 Å². The van der Waals surface area contributed by atoms with E-state index in [-0.39, 0.29) is 0 Å². The Morgan fingerprint density at radius 3 is 1.76 bits per heavy atom. The molecule has 146 valence electrons. The van der Waals surface area contributed by atoms with Crippen LogP contribution >= 0.6 is 0 Å². The molecule has 0 heterocycles. The lowest BCUT2D eigenvalue weighted by atomic mass is 10.0. The van der Waals surface area contributed by atoms with E-state index in [1.165, 1.54) is 64.2 Å². The highest BCUT2D eigenvalue weighted by molar-refractivity contribution is 5.69. The second kappa shape index (κ2) is 17.6. The third-order valence-corrected chi connectivity index (χ3v) is 4.52. The highest BCUT2D eigenvalue weighted by Gasteiger charge is 2.22. The summed E-state index contributed by atoms with van der Waals surface area (Å²) in [5, 5.41) is 19.1. The highest BCUT2D eigenvalue weighted by atomic mass is 16.3. The quantitative estimate of drug-likeness (QED) is 0.224. The summed E-state index contributed by atoms with van der Waals surface area (Å²) in [5.74, 6) is 0. The molecule has 0 rings (SSSR count). The van der Waals surface area contributed by atoms with Crippen molar-refractivity contribution in [2.75, 3.05) is 6.61 Å². The average molecular weight is 356 g/mol. The molecule has 0 radical (unpaired) electrons. The van der Waals surface area contributed by atoms with Crippen LogP contribution in [-0.4, -0.2) is 46.7 Å². The molecule has 25 heavy (non-hydrogen) atoms. The molecule has 0 unspecified atom stereocenters. The summed E-state index contributed by atoms with van der Waals surface area (Å²) in [4.78, 5) is 22.1. The Labute approximate surface area is 153 Å². The van der Waals surface area contributed by atoms with Crippen LogP contribution in [-0.2, 0) is 9.59 Å². The van der Waals surface area contributed by atoms with E-state index >= 15 is 0 Å². The first kappa shape index (κ1) is 23.8. The molecule has 2 N–H and O–H groups in total. The Morgan fingerprint density at radius 2 is 1.32 bits per heavy atom. The fourth-order valence-electron chi connectivity index (χ4n) is 2.85. The first-order valence-electron chi connectivity index (χ1n) is 9.84. The van der Waals surface area contributed by atoms with Crippen molar-refractivity contribution in [3.63, 3.8) is 0 Å².